The Hall–Kier alpha value is -2.43. The molecule has 0 saturated carbocycles. The lowest BCUT2D eigenvalue weighted by Gasteiger charge is -2.03. The summed E-state index contributed by atoms with van der Waals surface area (Å²) in [6.45, 7) is 0. The van der Waals surface area contributed by atoms with Gasteiger partial charge < -0.3 is 9.72 Å². The molecule has 0 fully saturated rings. The van der Waals surface area contributed by atoms with E-state index in [1.165, 1.54) is 6.08 Å². The number of hydrogen-bond acceptors (Lipinski definition) is 5. The van der Waals surface area contributed by atoms with Crippen LogP contribution in [0.5, 0.6) is 5.75 Å². The molecule has 114 valence electrons. The van der Waals surface area contributed by atoms with Crippen LogP contribution in [0.1, 0.15) is 11.3 Å². The highest BCUT2D eigenvalue weighted by molar-refractivity contribution is 14.1. The van der Waals surface area contributed by atoms with Crippen molar-refractivity contribution >= 4 is 40.4 Å². The lowest BCUT2D eigenvalue weighted by molar-refractivity contribution is -0.386. The highest BCUT2D eigenvalue weighted by Gasteiger charge is 2.18. The van der Waals surface area contributed by atoms with E-state index in [1.807, 2.05) is 4.98 Å². The lowest BCUT2D eigenvalue weighted by Crippen LogP contribution is -2.25. The van der Waals surface area contributed by atoms with Gasteiger partial charge in [-0.3, -0.25) is 19.9 Å². The van der Waals surface area contributed by atoms with Gasteiger partial charge >= 0.3 is 16.9 Å². The molecule has 2 aromatic rings. The predicted octanol–water partition coefficient (Wildman–Crippen LogP) is 1.75. The fourth-order valence-corrected chi connectivity index (χ4v) is 2.52. The lowest BCUT2D eigenvalue weighted by atomic mass is 10.2. The number of benzene rings is 1. The monoisotopic (exact) mass is 415 g/mol. The first-order valence-electron chi connectivity index (χ1n) is 5.95. The minimum Gasteiger partial charge on any atom is -0.496 e. The van der Waals surface area contributed by atoms with Crippen LogP contribution in [0.2, 0.25) is 0 Å². The summed E-state index contributed by atoms with van der Waals surface area (Å²) in [6.07, 6.45) is 2.87. The highest BCUT2D eigenvalue weighted by Crippen LogP contribution is 2.22. The molecule has 2 rings (SSSR count). The van der Waals surface area contributed by atoms with Crippen molar-refractivity contribution in [1.29, 1.82) is 0 Å². The van der Waals surface area contributed by atoms with E-state index in [9.17, 15) is 19.7 Å². The first-order chi connectivity index (χ1) is 10.4. The van der Waals surface area contributed by atoms with E-state index in [0.29, 0.717) is 5.75 Å². The van der Waals surface area contributed by atoms with Gasteiger partial charge in [-0.2, -0.15) is 0 Å². The van der Waals surface area contributed by atoms with E-state index in [1.54, 1.807) is 31.4 Å². The molecular formula is C13H10IN3O5. The summed E-state index contributed by atoms with van der Waals surface area (Å²) < 4.78 is 5.99. The van der Waals surface area contributed by atoms with Crippen molar-refractivity contribution in [2.24, 2.45) is 0 Å². The third kappa shape index (κ3) is 3.42. The summed E-state index contributed by atoms with van der Waals surface area (Å²) in [4.78, 5) is 36.9. The standard InChI is InChI=1S/C13H10IN3O5/c1-22-10-5-3-7(6-8(10)14)2-4-9-11(17(20)21)12(18)16-13(19)15-9/h2-6H,1H3,(H2,15,16,18,19). The zero-order valence-corrected chi connectivity index (χ0v) is 13.4. The van der Waals surface area contributed by atoms with Gasteiger partial charge in [0.15, 0.2) is 0 Å². The molecule has 0 radical (unpaired) electrons. The summed E-state index contributed by atoms with van der Waals surface area (Å²) in [7, 11) is 1.55. The third-order valence-electron chi connectivity index (χ3n) is 2.75. The molecule has 1 aromatic heterocycles. The average molecular weight is 415 g/mol. The first-order valence-corrected chi connectivity index (χ1v) is 7.03. The fraction of sp³-hybridized carbons (Fsp3) is 0.0769. The van der Waals surface area contributed by atoms with Crippen LogP contribution in [0.3, 0.4) is 0 Å². The molecule has 0 aliphatic heterocycles. The summed E-state index contributed by atoms with van der Waals surface area (Å²) in [5, 5.41) is 10.9. The number of rotatable bonds is 4. The zero-order chi connectivity index (χ0) is 16.3. The Kier molecular flexibility index (Phi) is 4.75. The largest absolute Gasteiger partial charge is 0.496 e. The van der Waals surface area contributed by atoms with Crippen molar-refractivity contribution in [1.82, 2.24) is 9.97 Å². The van der Waals surface area contributed by atoms with Crippen molar-refractivity contribution in [3.63, 3.8) is 0 Å². The number of H-pyrrole nitrogens is 2. The highest BCUT2D eigenvalue weighted by atomic mass is 127. The second-order valence-corrected chi connectivity index (χ2v) is 5.32. The maximum Gasteiger partial charge on any atom is 0.357 e. The Morgan fingerprint density at radius 2 is 2.00 bits per heavy atom. The molecule has 9 heteroatoms. The number of nitrogens with one attached hydrogen (secondary N) is 2. The van der Waals surface area contributed by atoms with Crippen molar-refractivity contribution in [3.05, 3.63) is 64.0 Å². The van der Waals surface area contributed by atoms with Crippen molar-refractivity contribution in [3.8, 4) is 5.75 Å². The van der Waals surface area contributed by atoms with Gasteiger partial charge in [0.25, 0.3) is 0 Å². The third-order valence-corrected chi connectivity index (χ3v) is 3.59. The topological polar surface area (TPSA) is 118 Å². The molecule has 0 spiro atoms. The van der Waals surface area contributed by atoms with Crippen LogP contribution in [0.15, 0.2) is 27.8 Å². The van der Waals surface area contributed by atoms with E-state index in [0.717, 1.165) is 9.13 Å². The van der Waals surface area contributed by atoms with E-state index < -0.39 is 21.9 Å². The quantitative estimate of drug-likeness (QED) is 0.448. The van der Waals surface area contributed by atoms with E-state index in [2.05, 4.69) is 27.6 Å². The maximum atomic E-state index is 11.5. The van der Waals surface area contributed by atoms with Crippen LogP contribution >= 0.6 is 22.6 Å². The predicted molar refractivity (Wildman–Crippen MR) is 89.0 cm³/mol. The van der Waals surface area contributed by atoms with Crippen molar-refractivity contribution in [2.75, 3.05) is 7.11 Å². The minimum atomic E-state index is -1.04. The van der Waals surface area contributed by atoms with Crippen LogP contribution in [0, 0.1) is 13.7 Å². The Bertz CT molecular complexity index is 869. The smallest absolute Gasteiger partial charge is 0.357 e. The molecule has 2 N–H and O–H groups in total. The molecule has 0 amide bonds. The second kappa shape index (κ2) is 6.56. The number of aromatic nitrogens is 2. The maximum absolute atomic E-state index is 11.5. The number of aromatic amines is 2. The molecule has 0 unspecified atom stereocenters. The normalized spacial score (nSPS) is 10.8. The molecule has 0 atom stereocenters. The van der Waals surface area contributed by atoms with Gasteiger partial charge in [-0.25, -0.2) is 4.79 Å². The summed E-state index contributed by atoms with van der Waals surface area (Å²) in [6, 6.07) is 5.29. The summed E-state index contributed by atoms with van der Waals surface area (Å²) in [5.74, 6) is 0.702. The van der Waals surface area contributed by atoms with Gasteiger partial charge in [0, 0.05) is 0 Å². The van der Waals surface area contributed by atoms with E-state index in [4.69, 9.17) is 4.74 Å². The second-order valence-electron chi connectivity index (χ2n) is 4.15. The number of halogens is 1. The molecule has 0 aliphatic carbocycles. The Balaban J connectivity index is 2.46. The molecule has 0 aliphatic rings. The Morgan fingerprint density at radius 1 is 1.27 bits per heavy atom. The number of hydrogen-bond donors (Lipinski definition) is 2. The minimum absolute atomic E-state index is 0.162. The SMILES string of the molecule is COc1ccc(C=Cc2[nH]c(=O)[nH]c(=O)c2[N+](=O)[O-])cc1I. The van der Waals surface area contributed by atoms with Crippen LogP contribution in [0.25, 0.3) is 12.2 Å². The van der Waals surface area contributed by atoms with Gasteiger partial charge in [-0.15, -0.1) is 0 Å². The molecule has 8 nitrogen and oxygen atoms in total. The van der Waals surface area contributed by atoms with Crippen molar-refractivity contribution < 1.29 is 9.66 Å². The van der Waals surface area contributed by atoms with Gasteiger partial charge in [-0.05, 0) is 46.4 Å². The first kappa shape index (κ1) is 15.9. The molecule has 0 bridgehead atoms. The van der Waals surface area contributed by atoms with Crippen molar-refractivity contribution in [2.45, 2.75) is 0 Å². The Morgan fingerprint density at radius 3 is 2.59 bits per heavy atom. The fourth-order valence-electron chi connectivity index (χ4n) is 1.77. The number of nitro groups is 1. The summed E-state index contributed by atoms with van der Waals surface area (Å²) >= 11 is 2.09. The van der Waals surface area contributed by atoms with Gasteiger partial charge in [0.2, 0.25) is 0 Å². The van der Waals surface area contributed by atoms with Crippen LogP contribution < -0.4 is 16.0 Å². The zero-order valence-electron chi connectivity index (χ0n) is 11.3. The molecule has 22 heavy (non-hydrogen) atoms. The number of nitrogens with zero attached hydrogens (tertiary/aromatic N) is 1. The van der Waals surface area contributed by atoms with E-state index in [-0.39, 0.29) is 5.69 Å². The van der Waals surface area contributed by atoms with E-state index >= 15 is 0 Å². The van der Waals surface area contributed by atoms with Crippen LogP contribution in [-0.4, -0.2) is 22.0 Å². The van der Waals surface area contributed by atoms with Crippen LogP contribution in [0.4, 0.5) is 5.69 Å². The van der Waals surface area contributed by atoms with Crippen LogP contribution in [-0.2, 0) is 0 Å². The number of ether oxygens (including phenoxy) is 1. The number of methoxy groups -OCH3 is 1. The molecule has 1 aromatic carbocycles. The Labute approximate surface area is 137 Å². The molecular weight excluding hydrogens is 405 g/mol. The molecule has 1 heterocycles. The molecule has 0 saturated heterocycles. The van der Waals surface area contributed by atoms with Gasteiger partial charge in [-0.1, -0.05) is 12.1 Å². The van der Waals surface area contributed by atoms with Gasteiger partial charge in [0.1, 0.15) is 11.4 Å². The summed E-state index contributed by atoms with van der Waals surface area (Å²) in [5.41, 5.74) is -1.98. The van der Waals surface area contributed by atoms with Gasteiger partial charge in [0.05, 0.1) is 15.6 Å². The average Bonchev–Trinajstić information content (AvgIpc) is 2.44.